The lowest BCUT2D eigenvalue weighted by Crippen LogP contribution is -1.95. The molecule has 134 valence electrons. The van der Waals surface area contributed by atoms with Crippen LogP contribution in [0.25, 0.3) is 11.6 Å². The van der Waals surface area contributed by atoms with E-state index in [4.69, 9.17) is 21.1 Å². The third-order valence-corrected chi connectivity index (χ3v) is 4.22. The van der Waals surface area contributed by atoms with Crippen LogP contribution in [0.1, 0.15) is 16.7 Å². The molecule has 3 aromatic rings. The van der Waals surface area contributed by atoms with Gasteiger partial charge in [0.25, 0.3) is 0 Å². The fourth-order valence-electron chi connectivity index (χ4n) is 2.60. The molecule has 3 nitrogen and oxygen atoms in total. The van der Waals surface area contributed by atoms with Gasteiger partial charge in [-0.15, -0.1) is 0 Å². The molecule has 27 heavy (non-hydrogen) atoms. The summed E-state index contributed by atoms with van der Waals surface area (Å²) in [5, 5.41) is 10.2. The van der Waals surface area contributed by atoms with Crippen LogP contribution in [0.4, 0.5) is 0 Å². The van der Waals surface area contributed by atoms with Gasteiger partial charge in [-0.25, -0.2) is 0 Å². The van der Waals surface area contributed by atoms with Crippen molar-refractivity contribution in [3.05, 3.63) is 94.5 Å². The average molecular weight is 376 g/mol. The van der Waals surface area contributed by atoms with E-state index in [1.807, 2.05) is 78.9 Å². The van der Waals surface area contributed by atoms with E-state index in [1.165, 1.54) is 0 Å². The van der Waals surface area contributed by atoms with Gasteiger partial charge in [-0.3, -0.25) is 0 Å². The maximum absolute atomic E-state index is 9.52. The molecule has 0 fully saturated rings. The molecule has 0 atom stereocenters. The summed E-state index contributed by atoms with van der Waals surface area (Å²) in [5.74, 6) is 1.49. The van der Waals surface area contributed by atoms with Gasteiger partial charge >= 0.3 is 0 Å². The fourth-order valence-corrected chi connectivity index (χ4v) is 2.82. The topological polar surface area (TPSA) is 42.2 Å². The van der Waals surface area contributed by atoms with Crippen molar-refractivity contribution in [3.8, 4) is 17.6 Å². The summed E-state index contributed by atoms with van der Waals surface area (Å²) in [6, 6.07) is 24.9. The minimum atomic E-state index is 0.428. The van der Waals surface area contributed by atoms with E-state index in [0.717, 1.165) is 28.2 Å². The van der Waals surface area contributed by atoms with Crippen LogP contribution >= 0.6 is 11.6 Å². The zero-order valence-electron chi connectivity index (χ0n) is 14.9. The van der Waals surface area contributed by atoms with Crippen molar-refractivity contribution < 1.29 is 9.47 Å². The van der Waals surface area contributed by atoms with Crippen molar-refractivity contribution in [1.82, 2.24) is 0 Å². The van der Waals surface area contributed by atoms with Gasteiger partial charge in [0.2, 0.25) is 0 Å². The summed E-state index contributed by atoms with van der Waals surface area (Å²) in [6.07, 6.45) is 1.84. The van der Waals surface area contributed by atoms with E-state index in [2.05, 4.69) is 6.07 Å². The first-order valence-electron chi connectivity index (χ1n) is 8.41. The Labute approximate surface area is 164 Å². The molecule has 4 heteroatoms. The first-order valence-corrected chi connectivity index (χ1v) is 8.79. The summed E-state index contributed by atoms with van der Waals surface area (Å²) < 4.78 is 11.0. The van der Waals surface area contributed by atoms with Crippen LogP contribution in [0, 0.1) is 11.3 Å². The van der Waals surface area contributed by atoms with Gasteiger partial charge in [-0.2, -0.15) is 5.26 Å². The summed E-state index contributed by atoms with van der Waals surface area (Å²) in [6.45, 7) is 0.428. The molecule has 0 spiro atoms. The lowest BCUT2D eigenvalue weighted by atomic mass is 10.0. The maximum Gasteiger partial charge on any atom is 0.120 e. The second-order valence-corrected chi connectivity index (χ2v) is 6.33. The van der Waals surface area contributed by atoms with E-state index >= 15 is 0 Å². The van der Waals surface area contributed by atoms with E-state index in [-0.39, 0.29) is 0 Å². The Morgan fingerprint density at radius 3 is 2.48 bits per heavy atom. The van der Waals surface area contributed by atoms with Crippen LogP contribution < -0.4 is 9.47 Å². The first-order chi connectivity index (χ1) is 13.2. The van der Waals surface area contributed by atoms with E-state index in [0.29, 0.717) is 17.2 Å². The zero-order valence-corrected chi connectivity index (χ0v) is 15.6. The normalized spacial score (nSPS) is 10.9. The smallest absolute Gasteiger partial charge is 0.120 e. The third kappa shape index (κ3) is 5.13. The largest absolute Gasteiger partial charge is 0.497 e. The number of halogens is 1. The standard InChI is InChI=1S/C23H18ClNO2/c1-26-22-10-8-19(9-11-22)20(15-25)12-17-4-3-7-23(14-17)27-16-18-5-2-6-21(24)13-18/h2-14H,16H2,1H3/b20-12+. The Hall–Kier alpha value is -3.22. The highest BCUT2D eigenvalue weighted by Gasteiger charge is 2.03. The van der Waals surface area contributed by atoms with Crippen molar-refractivity contribution >= 4 is 23.3 Å². The number of methoxy groups -OCH3 is 1. The molecule has 3 rings (SSSR count). The van der Waals surface area contributed by atoms with Gasteiger partial charge in [-0.05, 0) is 71.3 Å². The van der Waals surface area contributed by atoms with Gasteiger partial charge < -0.3 is 9.47 Å². The Morgan fingerprint density at radius 1 is 1.00 bits per heavy atom. The molecule has 0 N–H and O–H groups in total. The summed E-state index contributed by atoms with van der Waals surface area (Å²) in [7, 11) is 1.62. The SMILES string of the molecule is COc1ccc(/C(C#N)=C/c2cccc(OCc3cccc(Cl)c3)c2)cc1. The van der Waals surface area contributed by atoms with Crippen molar-refractivity contribution in [2.24, 2.45) is 0 Å². The van der Waals surface area contributed by atoms with E-state index in [9.17, 15) is 5.26 Å². The molecular formula is C23H18ClNO2. The van der Waals surface area contributed by atoms with Crippen LogP contribution in [-0.4, -0.2) is 7.11 Å². The molecule has 0 saturated heterocycles. The van der Waals surface area contributed by atoms with Gasteiger partial charge in [0.15, 0.2) is 0 Å². The molecule has 0 aliphatic heterocycles. The number of ether oxygens (including phenoxy) is 2. The van der Waals surface area contributed by atoms with Crippen molar-refractivity contribution in [1.29, 1.82) is 5.26 Å². The van der Waals surface area contributed by atoms with Crippen molar-refractivity contribution in [2.45, 2.75) is 6.61 Å². The van der Waals surface area contributed by atoms with Crippen LogP contribution in [0.5, 0.6) is 11.5 Å². The highest BCUT2D eigenvalue weighted by atomic mass is 35.5. The number of hydrogen-bond donors (Lipinski definition) is 0. The predicted molar refractivity (Wildman–Crippen MR) is 109 cm³/mol. The first kappa shape index (κ1) is 18.6. The number of hydrogen-bond acceptors (Lipinski definition) is 3. The van der Waals surface area contributed by atoms with Crippen LogP contribution in [0.2, 0.25) is 5.02 Å². The maximum atomic E-state index is 9.52. The highest BCUT2D eigenvalue weighted by molar-refractivity contribution is 6.30. The van der Waals surface area contributed by atoms with Gasteiger partial charge in [0.05, 0.1) is 18.8 Å². The summed E-state index contributed by atoms with van der Waals surface area (Å²) in [5.41, 5.74) is 3.30. The molecule has 0 saturated carbocycles. The van der Waals surface area contributed by atoms with Crippen LogP contribution in [0.15, 0.2) is 72.8 Å². The van der Waals surface area contributed by atoms with E-state index in [1.54, 1.807) is 7.11 Å². The minimum Gasteiger partial charge on any atom is -0.497 e. The number of nitriles is 1. The molecule has 3 aromatic carbocycles. The molecule has 0 aliphatic rings. The second kappa shape index (κ2) is 8.93. The van der Waals surface area contributed by atoms with Crippen LogP contribution in [-0.2, 0) is 6.61 Å². The lowest BCUT2D eigenvalue weighted by Gasteiger charge is -2.08. The zero-order chi connectivity index (χ0) is 19.1. The minimum absolute atomic E-state index is 0.428. The van der Waals surface area contributed by atoms with Gasteiger partial charge in [-0.1, -0.05) is 35.9 Å². The van der Waals surface area contributed by atoms with Crippen molar-refractivity contribution in [2.75, 3.05) is 7.11 Å². The van der Waals surface area contributed by atoms with Gasteiger partial charge in [0.1, 0.15) is 18.1 Å². The van der Waals surface area contributed by atoms with Crippen molar-refractivity contribution in [3.63, 3.8) is 0 Å². The Bertz CT molecular complexity index is 988. The number of nitrogens with zero attached hydrogens (tertiary/aromatic N) is 1. The Balaban J connectivity index is 1.77. The molecular weight excluding hydrogens is 358 g/mol. The van der Waals surface area contributed by atoms with E-state index < -0.39 is 0 Å². The lowest BCUT2D eigenvalue weighted by molar-refractivity contribution is 0.306. The predicted octanol–water partition coefficient (Wildman–Crippen LogP) is 5.99. The molecule has 0 amide bonds. The quantitative estimate of drug-likeness (QED) is 0.392. The molecule has 0 unspecified atom stereocenters. The number of allylic oxidation sites excluding steroid dienone is 1. The monoisotopic (exact) mass is 375 g/mol. The number of rotatable bonds is 6. The molecule has 0 radical (unpaired) electrons. The average Bonchev–Trinajstić information content (AvgIpc) is 2.71. The number of benzene rings is 3. The second-order valence-electron chi connectivity index (χ2n) is 5.89. The summed E-state index contributed by atoms with van der Waals surface area (Å²) in [4.78, 5) is 0. The Morgan fingerprint density at radius 2 is 1.78 bits per heavy atom. The molecule has 0 bridgehead atoms. The van der Waals surface area contributed by atoms with Crippen LogP contribution in [0.3, 0.4) is 0 Å². The highest BCUT2D eigenvalue weighted by Crippen LogP contribution is 2.23. The van der Waals surface area contributed by atoms with Gasteiger partial charge in [0, 0.05) is 5.02 Å². The Kier molecular flexibility index (Phi) is 6.14. The molecule has 0 aromatic heterocycles. The fraction of sp³-hybridized carbons (Fsp3) is 0.0870. The molecule has 0 heterocycles. The third-order valence-electron chi connectivity index (χ3n) is 3.99. The molecule has 0 aliphatic carbocycles. The summed E-state index contributed by atoms with van der Waals surface area (Å²) >= 11 is 6.00.